The summed E-state index contributed by atoms with van der Waals surface area (Å²) in [6.07, 6.45) is 1.24. The molecule has 5 heteroatoms. The predicted molar refractivity (Wildman–Crippen MR) is 84.0 cm³/mol. The van der Waals surface area contributed by atoms with Gasteiger partial charge in [0.15, 0.2) is 12.6 Å². The molecule has 0 aliphatic heterocycles. The van der Waals surface area contributed by atoms with Crippen molar-refractivity contribution in [2.24, 2.45) is 0 Å². The fourth-order valence-electron chi connectivity index (χ4n) is 1.17. The van der Waals surface area contributed by atoms with Crippen molar-refractivity contribution < 1.29 is 19.8 Å². The quantitative estimate of drug-likeness (QED) is 0.395. The third kappa shape index (κ3) is 8.03. The van der Waals surface area contributed by atoms with Gasteiger partial charge in [0.05, 0.1) is 11.1 Å². The summed E-state index contributed by atoms with van der Waals surface area (Å²) in [4.78, 5) is 20.1. The molecule has 2 N–H and O–H groups in total. The predicted octanol–water partition coefficient (Wildman–Crippen LogP) is 2.83. The molecule has 0 saturated carbocycles. The van der Waals surface area contributed by atoms with Gasteiger partial charge in [-0.25, -0.2) is 0 Å². The Morgan fingerprint density at radius 3 is 1.19 bits per heavy atom. The number of benzene rings is 2. The molecule has 0 heterocycles. The zero-order valence-electron chi connectivity index (χ0n) is 11.4. The topological polar surface area (TPSA) is 74.6 Å². The molecule has 21 heavy (non-hydrogen) atoms. The molecule has 4 radical (unpaired) electrons. The second-order valence-corrected chi connectivity index (χ2v) is 3.35. The molecular weight excluding hydrogens is 463 g/mol. The molecule has 0 bridgehead atoms. The SMILES string of the molecule is C=C.O=Cc1ccccc1O.O=Cc1ccccc1O.[Pb]. The van der Waals surface area contributed by atoms with Crippen LogP contribution in [0.2, 0.25) is 0 Å². The number of carbonyl (C=O) groups excluding carboxylic acids is 2. The van der Waals surface area contributed by atoms with E-state index in [1.54, 1.807) is 36.4 Å². The van der Waals surface area contributed by atoms with E-state index in [0.717, 1.165) is 0 Å². The fraction of sp³-hybridized carbons (Fsp3) is 0. The van der Waals surface area contributed by atoms with Crippen LogP contribution in [-0.4, -0.2) is 50.1 Å². The molecule has 0 aromatic heterocycles. The van der Waals surface area contributed by atoms with Gasteiger partial charge in [0.25, 0.3) is 0 Å². The minimum Gasteiger partial charge on any atom is -0.507 e. The fourth-order valence-corrected chi connectivity index (χ4v) is 1.17. The van der Waals surface area contributed by atoms with E-state index in [1.807, 2.05) is 0 Å². The monoisotopic (exact) mass is 480 g/mol. The summed E-state index contributed by atoms with van der Waals surface area (Å²) in [5, 5.41) is 17.8. The molecule has 0 spiro atoms. The number of rotatable bonds is 2. The largest absolute Gasteiger partial charge is 0.507 e. The maximum Gasteiger partial charge on any atom is 0.153 e. The molecule has 0 unspecified atom stereocenters. The third-order valence-corrected chi connectivity index (χ3v) is 2.13. The van der Waals surface area contributed by atoms with E-state index in [9.17, 15) is 9.59 Å². The second kappa shape index (κ2) is 13.0. The molecular formula is C16H16O4Pb. The van der Waals surface area contributed by atoms with E-state index < -0.39 is 0 Å². The maximum absolute atomic E-state index is 10.1. The summed E-state index contributed by atoms with van der Waals surface area (Å²) in [6, 6.07) is 12.8. The van der Waals surface area contributed by atoms with Crippen molar-refractivity contribution in [3.8, 4) is 11.5 Å². The number of aldehydes is 2. The summed E-state index contributed by atoms with van der Waals surface area (Å²) >= 11 is 0. The van der Waals surface area contributed by atoms with Crippen LogP contribution < -0.4 is 0 Å². The maximum atomic E-state index is 10.1. The molecule has 0 saturated heterocycles. The first-order valence-corrected chi connectivity index (χ1v) is 5.65. The van der Waals surface area contributed by atoms with Crippen molar-refractivity contribution in [1.82, 2.24) is 0 Å². The Hall–Kier alpha value is -1.96. The van der Waals surface area contributed by atoms with Crippen molar-refractivity contribution in [3.63, 3.8) is 0 Å². The van der Waals surface area contributed by atoms with Crippen LogP contribution in [0.15, 0.2) is 61.7 Å². The Balaban J connectivity index is 0. The van der Waals surface area contributed by atoms with Gasteiger partial charge in [0.2, 0.25) is 0 Å². The van der Waals surface area contributed by atoms with Crippen molar-refractivity contribution in [2.45, 2.75) is 0 Å². The minimum atomic E-state index is 0. The van der Waals surface area contributed by atoms with E-state index in [-0.39, 0.29) is 38.8 Å². The first kappa shape index (κ1) is 21.3. The van der Waals surface area contributed by atoms with Crippen LogP contribution in [0.1, 0.15) is 20.7 Å². The van der Waals surface area contributed by atoms with Gasteiger partial charge < -0.3 is 10.2 Å². The van der Waals surface area contributed by atoms with Gasteiger partial charge in [-0.2, -0.15) is 0 Å². The summed E-state index contributed by atoms with van der Waals surface area (Å²) in [5.74, 6) is 0.0694. The molecule has 2 rings (SSSR count). The standard InChI is InChI=1S/2C7H6O2.C2H4.Pb/c2*8-5-6-3-1-2-4-7(6)9;1-2;/h2*1-5,9H;1-2H2;. The summed E-state index contributed by atoms with van der Waals surface area (Å²) in [5.41, 5.74) is 0.662. The van der Waals surface area contributed by atoms with Gasteiger partial charge in [0, 0.05) is 27.3 Å². The van der Waals surface area contributed by atoms with Gasteiger partial charge in [-0.1, -0.05) is 24.3 Å². The van der Waals surface area contributed by atoms with Crippen molar-refractivity contribution in [1.29, 1.82) is 0 Å². The van der Waals surface area contributed by atoms with E-state index in [4.69, 9.17) is 10.2 Å². The molecule has 0 aliphatic carbocycles. The average Bonchev–Trinajstić information content (AvgIpc) is 2.51. The molecule has 4 nitrogen and oxygen atoms in total. The minimum absolute atomic E-state index is 0. The average molecular weight is 479 g/mol. The zero-order chi connectivity index (χ0) is 15.4. The molecule has 108 valence electrons. The van der Waals surface area contributed by atoms with Gasteiger partial charge in [-0.05, 0) is 24.3 Å². The van der Waals surface area contributed by atoms with E-state index in [1.165, 1.54) is 12.1 Å². The molecule has 0 fully saturated rings. The van der Waals surface area contributed by atoms with Gasteiger partial charge in [-0.15, -0.1) is 13.2 Å². The van der Waals surface area contributed by atoms with E-state index >= 15 is 0 Å². The van der Waals surface area contributed by atoms with Gasteiger partial charge in [0.1, 0.15) is 11.5 Å². The normalized spacial score (nSPS) is 7.81. The molecule has 2 aromatic carbocycles. The van der Waals surface area contributed by atoms with Crippen LogP contribution >= 0.6 is 0 Å². The van der Waals surface area contributed by atoms with Crippen LogP contribution in [0.5, 0.6) is 11.5 Å². The second-order valence-electron chi connectivity index (χ2n) is 3.35. The van der Waals surface area contributed by atoms with E-state index in [2.05, 4.69) is 13.2 Å². The Labute approximate surface area is 143 Å². The number of carbonyl (C=O) groups is 2. The van der Waals surface area contributed by atoms with E-state index in [0.29, 0.717) is 23.7 Å². The summed E-state index contributed by atoms with van der Waals surface area (Å²) in [7, 11) is 0. The number of phenols is 2. The number of hydrogen-bond donors (Lipinski definition) is 2. The smallest absolute Gasteiger partial charge is 0.153 e. The Kier molecular flexibility index (Phi) is 13.3. The number of para-hydroxylation sites is 2. The Bertz CT molecular complexity index is 506. The Morgan fingerprint density at radius 2 is 1.00 bits per heavy atom. The van der Waals surface area contributed by atoms with Crippen molar-refractivity contribution in [3.05, 3.63) is 72.8 Å². The molecule has 2 aromatic rings. The van der Waals surface area contributed by atoms with Gasteiger partial charge in [-0.3, -0.25) is 9.59 Å². The van der Waals surface area contributed by atoms with Gasteiger partial charge >= 0.3 is 0 Å². The molecule has 0 atom stereocenters. The summed E-state index contributed by atoms with van der Waals surface area (Å²) in [6.45, 7) is 6.00. The first-order valence-electron chi connectivity index (χ1n) is 5.65. The van der Waals surface area contributed by atoms with Crippen LogP contribution in [0.4, 0.5) is 0 Å². The van der Waals surface area contributed by atoms with Crippen molar-refractivity contribution >= 4 is 39.9 Å². The van der Waals surface area contributed by atoms with Crippen LogP contribution in [0.3, 0.4) is 0 Å². The van der Waals surface area contributed by atoms with Crippen molar-refractivity contribution in [2.75, 3.05) is 0 Å². The summed E-state index contributed by atoms with van der Waals surface area (Å²) < 4.78 is 0. The molecule has 0 amide bonds. The number of hydrogen-bond acceptors (Lipinski definition) is 4. The third-order valence-electron chi connectivity index (χ3n) is 2.13. The van der Waals surface area contributed by atoms with Crippen LogP contribution in [-0.2, 0) is 0 Å². The Morgan fingerprint density at radius 1 is 0.714 bits per heavy atom. The van der Waals surface area contributed by atoms with Crippen LogP contribution in [0, 0.1) is 0 Å². The zero-order valence-corrected chi connectivity index (χ0v) is 15.3. The van der Waals surface area contributed by atoms with Crippen LogP contribution in [0.25, 0.3) is 0 Å². The first-order chi connectivity index (χ1) is 9.69. The number of phenolic OH excluding ortho intramolecular Hbond substituents is 2. The number of aromatic hydroxyl groups is 2. The molecule has 0 aliphatic rings.